The number of nitrogens with two attached hydrogens (primary N) is 1. The van der Waals surface area contributed by atoms with Gasteiger partial charge in [0.05, 0.1) is 18.6 Å². The Morgan fingerprint density at radius 2 is 1.94 bits per heavy atom. The highest BCUT2D eigenvalue weighted by Crippen LogP contribution is 2.40. The number of nitriles is 1. The van der Waals surface area contributed by atoms with E-state index in [9.17, 15) is 10.1 Å². The predicted octanol–water partition coefficient (Wildman–Crippen LogP) is 3.12. The molecule has 31 heavy (non-hydrogen) atoms. The Bertz CT molecular complexity index is 1060. The lowest BCUT2D eigenvalue weighted by Crippen LogP contribution is -2.33. The first-order valence-corrected chi connectivity index (χ1v) is 10.6. The summed E-state index contributed by atoms with van der Waals surface area (Å²) < 4.78 is 12.7. The molecule has 2 N–H and O–H groups in total. The molecule has 164 valence electrons. The number of aryl methyl sites for hydroxylation is 1. The largest absolute Gasteiger partial charge is 0.497 e. The molecule has 1 aromatic heterocycles. The molecular formula is C24H30N4O3. The van der Waals surface area contributed by atoms with E-state index in [1.54, 1.807) is 11.7 Å². The second kappa shape index (κ2) is 9.71. The highest BCUT2D eigenvalue weighted by atomic mass is 16.5. The lowest BCUT2D eigenvalue weighted by Gasteiger charge is -2.27. The van der Waals surface area contributed by atoms with Gasteiger partial charge < -0.3 is 24.7 Å². The van der Waals surface area contributed by atoms with Crippen LogP contribution < -0.4 is 20.8 Å². The fourth-order valence-electron chi connectivity index (χ4n) is 4.09. The van der Waals surface area contributed by atoms with Gasteiger partial charge in [-0.05, 0) is 50.7 Å². The number of nitrogens with zero attached hydrogens (tertiary/aromatic N) is 3. The topological polar surface area (TPSA) is 93.5 Å². The molecule has 0 bridgehead atoms. The number of fused-ring (bicyclic) bond motifs is 1. The summed E-state index contributed by atoms with van der Waals surface area (Å²) in [6, 6.07) is 11.3. The van der Waals surface area contributed by atoms with Gasteiger partial charge >= 0.3 is 0 Å². The minimum Gasteiger partial charge on any atom is -0.497 e. The maximum atomic E-state index is 13.6. The van der Waals surface area contributed by atoms with Crippen LogP contribution in [0, 0.1) is 18.3 Å². The van der Waals surface area contributed by atoms with E-state index in [2.05, 4.69) is 24.8 Å². The average molecular weight is 423 g/mol. The third-order valence-electron chi connectivity index (χ3n) is 5.89. The Morgan fingerprint density at radius 3 is 2.52 bits per heavy atom. The number of hydrogen-bond donors (Lipinski definition) is 1. The number of allylic oxidation sites excluding steroid dienone is 1. The van der Waals surface area contributed by atoms with Crippen molar-refractivity contribution in [2.75, 3.05) is 26.7 Å². The van der Waals surface area contributed by atoms with Crippen LogP contribution in [0.5, 0.6) is 11.5 Å². The van der Waals surface area contributed by atoms with Crippen molar-refractivity contribution < 1.29 is 9.47 Å². The van der Waals surface area contributed by atoms with Gasteiger partial charge in [0.25, 0.3) is 5.56 Å². The molecule has 7 nitrogen and oxygen atoms in total. The predicted molar refractivity (Wildman–Crippen MR) is 120 cm³/mol. The third kappa shape index (κ3) is 4.44. The number of aromatic nitrogens is 1. The maximum Gasteiger partial charge on any atom is 0.258 e. The zero-order chi connectivity index (χ0) is 22.5. The molecule has 1 aromatic carbocycles. The third-order valence-corrected chi connectivity index (χ3v) is 5.89. The first kappa shape index (κ1) is 22.4. The van der Waals surface area contributed by atoms with Gasteiger partial charge in [0.15, 0.2) is 0 Å². The second-order valence-corrected chi connectivity index (χ2v) is 7.60. The van der Waals surface area contributed by atoms with Crippen molar-refractivity contribution in [3.8, 4) is 17.6 Å². The summed E-state index contributed by atoms with van der Waals surface area (Å²) in [6.45, 7) is 9.66. The van der Waals surface area contributed by atoms with Crippen molar-refractivity contribution in [2.45, 2.75) is 39.7 Å². The minimum atomic E-state index is -0.582. The summed E-state index contributed by atoms with van der Waals surface area (Å²) in [5.41, 5.74) is 8.22. The molecule has 2 heterocycles. The fraction of sp³-hybridized carbons (Fsp3) is 0.417. The molecule has 0 spiro atoms. The molecule has 0 amide bonds. The van der Waals surface area contributed by atoms with Crippen molar-refractivity contribution in [3.05, 3.63) is 69.0 Å². The van der Waals surface area contributed by atoms with Gasteiger partial charge in [0, 0.05) is 18.3 Å². The van der Waals surface area contributed by atoms with E-state index in [0.717, 1.165) is 37.3 Å². The molecule has 3 rings (SSSR count). The zero-order valence-corrected chi connectivity index (χ0v) is 18.6. The Kier molecular flexibility index (Phi) is 7.03. The molecular weight excluding hydrogens is 392 g/mol. The lowest BCUT2D eigenvalue weighted by molar-refractivity contribution is 0.292. The maximum absolute atomic E-state index is 13.6. The van der Waals surface area contributed by atoms with Crippen LogP contribution in [0.25, 0.3) is 0 Å². The van der Waals surface area contributed by atoms with E-state index < -0.39 is 5.92 Å². The Balaban J connectivity index is 2.06. The van der Waals surface area contributed by atoms with Gasteiger partial charge in [-0.1, -0.05) is 26.0 Å². The Labute approximate surface area is 183 Å². The average Bonchev–Trinajstić information content (AvgIpc) is 2.77. The molecule has 0 aliphatic carbocycles. The summed E-state index contributed by atoms with van der Waals surface area (Å²) in [7, 11) is 1.59. The summed E-state index contributed by atoms with van der Waals surface area (Å²) in [6.07, 6.45) is 0.859. The molecule has 1 atom stereocenters. The van der Waals surface area contributed by atoms with Crippen LogP contribution >= 0.6 is 0 Å². The van der Waals surface area contributed by atoms with Crippen molar-refractivity contribution in [2.24, 2.45) is 5.73 Å². The van der Waals surface area contributed by atoms with Crippen molar-refractivity contribution in [1.82, 2.24) is 9.47 Å². The molecule has 0 unspecified atom stereocenters. The Morgan fingerprint density at radius 1 is 1.26 bits per heavy atom. The molecule has 2 aromatic rings. The number of rotatable bonds is 8. The van der Waals surface area contributed by atoms with Crippen molar-refractivity contribution in [1.29, 1.82) is 5.26 Å². The van der Waals surface area contributed by atoms with Crippen LogP contribution in [-0.4, -0.2) is 36.2 Å². The highest BCUT2D eigenvalue weighted by Gasteiger charge is 2.34. The molecule has 0 saturated heterocycles. The number of pyridine rings is 1. The first-order valence-electron chi connectivity index (χ1n) is 10.6. The fourth-order valence-corrected chi connectivity index (χ4v) is 4.09. The zero-order valence-electron chi connectivity index (χ0n) is 18.6. The highest BCUT2D eigenvalue weighted by molar-refractivity contribution is 5.55. The summed E-state index contributed by atoms with van der Waals surface area (Å²) in [5, 5.41) is 9.78. The number of benzene rings is 1. The van der Waals surface area contributed by atoms with Crippen molar-refractivity contribution >= 4 is 0 Å². The van der Waals surface area contributed by atoms with Gasteiger partial charge in [-0.2, -0.15) is 5.26 Å². The second-order valence-electron chi connectivity index (χ2n) is 7.60. The van der Waals surface area contributed by atoms with Crippen LogP contribution in [0.4, 0.5) is 0 Å². The summed E-state index contributed by atoms with van der Waals surface area (Å²) in [4.78, 5) is 15.9. The number of methoxy groups -OCH3 is 1. The monoisotopic (exact) mass is 422 g/mol. The molecule has 0 fully saturated rings. The summed E-state index contributed by atoms with van der Waals surface area (Å²) in [5.74, 6) is 0.569. The van der Waals surface area contributed by atoms with E-state index in [4.69, 9.17) is 15.2 Å². The normalized spacial score (nSPS) is 15.4. The number of ether oxygens (including phenoxy) is 2. The Hall–Kier alpha value is -3.24. The van der Waals surface area contributed by atoms with Gasteiger partial charge in [-0.25, -0.2) is 0 Å². The van der Waals surface area contributed by atoms with Gasteiger partial charge in [0.2, 0.25) is 5.88 Å². The molecule has 7 heteroatoms. The summed E-state index contributed by atoms with van der Waals surface area (Å²) >= 11 is 0. The minimum absolute atomic E-state index is 0.0360. The first-order chi connectivity index (χ1) is 14.9. The van der Waals surface area contributed by atoms with Gasteiger partial charge in [-0.3, -0.25) is 4.79 Å². The van der Waals surface area contributed by atoms with Gasteiger partial charge in [-0.15, -0.1) is 0 Å². The standard InChI is InChI=1S/C24H30N4O3/c1-5-27(6-2)12-7-13-28-16(3)14-20-22(24(28)29)21(19(15-25)23(26)31-20)17-8-10-18(30-4)11-9-17/h8-11,14,21H,5-7,12-13,26H2,1-4H3/t21-/m1/s1. The van der Waals surface area contributed by atoms with E-state index in [-0.39, 0.29) is 17.0 Å². The van der Waals surface area contributed by atoms with E-state index >= 15 is 0 Å². The van der Waals surface area contributed by atoms with E-state index in [0.29, 0.717) is 23.6 Å². The van der Waals surface area contributed by atoms with Crippen LogP contribution in [0.15, 0.2) is 46.6 Å². The SMILES string of the molecule is CCN(CC)CCCn1c(C)cc2c(c1=O)[C@H](c1ccc(OC)cc1)C(C#N)=C(N)O2. The lowest BCUT2D eigenvalue weighted by atomic mass is 9.84. The smallest absolute Gasteiger partial charge is 0.258 e. The van der Waals surface area contributed by atoms with Crippen LogP contribution in [-0.2, 0) is 6.54 Å². The molecule has 0 saturated carbocycles. The van der Waals surface area contributed by atoms with Crippen LogP contribution in [0.2, 0.25) is 0 Å². The number of hydrogen-bond acceptors (Lipinski definition) is 6. The van der Waals surface area contributed by atoms with E-state index in [1.807, 2.05) is 37.3 Å². The van der Waals surface area contributed by atoms with Crippen LogP contribution in [0.1, 0.15) is 43.0 Å². The van der Waals surface area contributed by atoms with Crippen LogP contribution in [0.3, 0.4) is 0 Å². The van der Waals surface area contributed by atoms with Gasteiger partial charge in [0.1, 0.15) is 23.1 Å². The van der Waals surface area contributed by atoms with E-state index in [1.165, 1.54) is 0 Å². The van der Waals surface area contributed by atoms with Crippen molar-refractivity contribution in [3.63, 3.8) is 0 Å². The molecule has 1 aliphatic heterocycles. The quantitative estimate of drug-likeness (QED) is 0.703. The molecule has 0 radical (unpaired) electrons. The molecule has 1 aliphatic rings.